The molecule has 3 rings (SSSR count). The third kappa shape index (κ3) is 4.00. The second kappa shape index (κ2) is 7.72. The van der Waals surface area contributed by atoms with E-state index in [2.05, 4.69) is 10.3 Å². The minimum atomic E-state index is -0.441. The van der Waals surface area contributed by atoms with Crippen LogP contribution < -0.4 is 15.8 Å². The van der Waals surface area contributed by atoms with Crippen LogP contribution in [0, 0.1) is 0 Å². The number of methoxy groups -OCH3 is 1. The van der Waals surface area contributed by atoms with E-state index in [9.17, 15) is 5.11 Å². The van der Waals surface area contributed by atoms with Crippen molar-refractivity contribution in [3.05, 3.63) is 64.8 Å². The summed E-state index contributed by atoms with van der Waals surface area (Å²) in [5.74, 6) is 0.592. The van der Waals surface area contributed by atoms with E-state index >= 15 is 0 Å². The van der Waals surface area contributed by atoms with Crippen molar-refractivity contribution in [3.63, 3.8) is 0 Å². The summed E-state index contributed by atoms with van der Waals surface area (Å²) in [4.78, 5) is 4.38. The molecule has 0 aliphatic rings. The van der Waals surface area contributed by atoms with Crippen LogP contribution in [-0.2, 0) is 6.54 Å². The van der Waals surface area contributed by atoms with E-state index in [1.165, 1.54) is 7.11 Å². The van der Waals surface area contributed by atoms with Gasteiger partial charge in [0.05, 0.1) is 12.6 Å². The molecular formula is C21H24ClN3O2. The summed E-state index contributed by atoms with van der Waals surface area (Å²) in [6, 6.07) is 12.7. The molecule has 0 bridgehead atoms. The predicted octanol–water partition coefficient (Wildman–Crippen LogP) is 4.17. The highest BCUT2D eigenvalue weighted by Gasteiger charge is 2.29. The number of hydrogen-bond donors (Lipinski definition) is 3. The van der Waals surface area contributed by atoms with Gasteiger partial charge >= 0.3 is 0 Å². The van der Waals surface area contributed by atoms with Crippen molar-refractivity contribution in [1.82, 2.24) is 10.3 Å². The number of nitrogens with two attached hydrogens (primary N) is 1. The molecule has 3 aromatic rings. The topological polar surface area (TPSA) is 80.4 Å². The van der Waals surface area contributed by atoms with Gasteiger partial charge in [-0.25, -0.2) is 0 Å². The van der Waals surface area contributed by atoms with Gasteiger partial charge in [-0.05, 0) is 43.7 Å². The van der Waals surface area contributed by atoms with Crippen LogP contribution in [0.25, 0.3) is 10.9 Å². The second-order valence-electron chi connectivity index (χ2n) is 7.08. The zero-order chi connectivity index (χ0) is 19.6. The van der Waals surface area contributed by atoms with E-state index in [1.54, 1.807) is 12.3 Å². The molecule has 0 amide bonds. The number of para-hydroxylation sites is 1. The number of halogens is 1. The van der Waals surface area contributed by atoms with Gasteiger partial charge in [0.25, 0.3) is 0 Å². The molecule has 0 saturated carbocycles. The summed E-state index contributed by atoms with van der Waals surface area (Å²) in [5, 5.41) is 15.4. The highest BCUT2D eigenvalue weighted by atomic mass is 35.5. The van der Waals surface area contributed by atoms with Crippen molar-refractivity contribution < 1.29 is 9.84 Å². The minimum absolute atomic E-state index is 0.140. The molecule has 4 N–H and O–H groups in total. The number of phenols is 1. The quantitative estimate of drug-likeness (QED) is 0.593. The molecule has 0 aliphatic heterocycles. The lowest BCUT2D eigenvalue weighted by atomic mass is 9.87. The molecule has 1 aromatic heterocycles. The first kappa shape index (κ1) is 19.4. The number of aromatic hydroxyl groups is 1. The Morgan fingerprint density at radius 3 is 2.78 bits per heavy atom. The monoisotopic (exact) mass is 385 g/mol. The molecule has 1 atom stereocenters. The van der Waals surface area contributed by atoms with Crippen LogP contribution >= 0.6 is 11.6 Å². The van der Waals surface area contributed by atoms with Gasteiger partial charge < -0.3 is 20.9 Å². The third-order valence-electron chi connectivity index (χ3n) is 4.89. The maximum atomic E-state index is 10.3. The molecule has 5 nitrogen and oxygen atoms in total. The van der Waals surface area contributed by atoms with E-state index in [0.29, 0.717) is 17.3 Å². The molecule has 1 unspecified atom stereocenters. The number of pyridine rings is 1. The number of aromatic nitrogens is 1. The summed E-state index contributed by atoms with van der Waals surface area (Å²) in [6.07, 6.45) is 1.75. The average Bonchev–Trinajstić information content (AvgIpc) is 2.66. The molecule has 2 aromatic carbocycles. The minimum Gasteiger partial charge on any atom is -0.504 e. The molecule has 142 valence electrons. The van der Waals surface area contributed by atoms with Gasteiger partial charge in [-0.1, -0.05) is 29.8 Å². The van der Waals surface area contributed by atoms with Crippen LogP contribution in [0.2, 0.25) is 5.02 Å². The largest absolute Gasteiger partial charge is 0.504 e. The standard InChI is InChI=1S/C21H24ClN3O2/c1-21(2,25-12-13-5-4-6-18(27-3)19(13)26)20(23)16-9-10-24-17-11-14(22)7-8-15(16)17/h4-11,20,25-26H,12,23H2,1-3H3. The fourth-order valence-corrected chi connectivity index (χ4v) is 3.28. The first-order chi connectivity index (χ1) is 12.8. The number of phenolic OH excluding ortho intramolecular Hbond substituents is 1. The van der Waals surface area contributed by atoms with Crippen LogP contribution in [0.3, 0.4) is 0 Å². The summed E-state index contributed by atoms with van der Waals surface area (Å²) in [7, 11) is 1.53. The smallest absolute Gasteiger partial charge is 0.162 e. The number of ether oxygens (including phenoxy) is 1. The SMILES string of the molecule is COc1cccc(CNC(C)(C)C(N)c2ccnc3cc(Cl)ccc23)c1O. The Hall–Kier alpha value is -2.34. The van der Waals surface area contributed by atoms with E-state index < -0.39 is 5.54 Å². The number of fused-ring (bicyclic) bond motifs is 1. The molecule has 0 saturated heterocycles. The number of nitrogens with one attached hydrogen (secondary N) is 1. The van der Waals surface area contributed by atoms with Crippen molar-refractivity contribution in [1.29, 1.82) is 0 Å². The van der Waals surface area contributed by atoms with Gasteiger partial charge in [-0.15, -0.1) is 0 Å². The van der Waals surface area contributed by atoms with Crippen LogP contribution in [0.5, 0.6) is 11.5 Å². The van der Waals surface area contributed by atoms with Gasteiger partial charge in [0.1, 0.15) is 0 Å². The van der Waals surface area contributed by atoms with Crippen molar-refractivity contribution in [3.8, 4) is 11.5 Å². The van der Waals surface area contributed by atoms with Gasteiger partial charge in [-0.3, -0.25) is 4.98 Å². The number of benzene rings is 2. The maximum absolute atomic E-state index is 10.3. The fraction of sp³-hybridized carbons (Fsp3) is 0.286. The molecule has 1 heterocycles. The van der Waals surface area contributed by atoms with Gasteiger partial charge in [0, 0.05) is 40.3 Å². The summed E-state index contributed by atoms with van der Waals surface area (Å²) in [5.41, 5.74) is 8.74. The van der Waals surface area contributed by atoms with E-state index in [0.717, 1.165) is 22.0 Å². The molecule has 0 fully saturated rings. The summed E-state index contributed by atoms with van der Waals surface area (Å²) >= 11 is 6.08. The number of nitrogens with zero attached hydrogens (tertiary/aromatic N) is 1. The maximum Gasteiger partial charge on any atom is 0.162 e. The van der Waals surface area contributed by atoms with Crippen LogP contribution in [0.1, 0.15) is 31.0 Å². The Labute approximate surface area is 164 Å². The average molecular weight is 386 g/mol. The molecule has 0 radical (unpaired) electrons. The summed E-state index contributed by atoms with van der Waals surface area (Å²) in [6.45, 7) is 4.53. The lowest BCUT2D eigenvalue weighted by Gasteiger charge is -2.34. The Bertz CT molecular complexity index is 959. The first-order valence-corrected chi connectivity index (χ1v) is 9.11. The zero-order valence-electron chi connectivity index (χ0n) is 15.7. The predicted molar refractivity (Wildman–Crippen MR) is 109 cm³/mol. The molecule has 0 spiro atoms. The van der Waals surface area contributed by atoms with Crippen molar-refractivity contribution in [2.45, 2.75) is 32.0 Å². The zero-order valence-corrected chi connectivity index (χ0v) is 16.4. The van der Waals surface area contributed by atoms with Gasteiger partial charge in [0.2, 0.25) is 0 Å². The first-order valence-electron chi connectivity index (χ1n) is 8.73. The highest BCUT2D eigenvalue weighted by Crippen LogP contribution is 2.32. The van der Waals surface area contributed by atoms with Gasteiger partial charge in [0.15, 0.2) is 11.5 Å². The van der Waals surface area contributed by atoms with Crippen LogP contribution in [0.15, 0.2) is 48.7 Å². The Balaban J connectivity index is 1.85. The Morgan fingerprint density at radius 1 is 1.26 bits per heavy atom. The van der Waals surface area contributed by atoms with E-state index in [1.807, 2.05) is 50.2 Å². The molecular weight excluding hydrogens is 362 g/mol. The fourth-order valence-electron chi connectivity index (χ4n) is 3.11. The van der Waals surface area contributed by atoms with Crippen LogP contribution in [0.4, 0.5) is 0 Å². The second-order valence-corrected chi connectivity index (χ2v) is 7.52. The number of rotatable bonds is 6. The molecule has 27 heavy (non-hydrogen) atoms. The molecule has 0 aliphatic carbocycles. The van der Waals surface area contributed by atoms with Gasteiger partial charge in [-0.2, -0.15) is 0 Å². The lowest BCUT2D eigenvalue weighted by molar-refractivity contribution is 0.317. The summed E-state index contributed by atoms with van der Waals surface area (Å²) < 4.78 is 5.17. The van der Waals surface area contributed by atoms with E-state index in [4.69, 9.17) is 22.1 Å². The van der Waals surface area contributed by atoms with Crippen molar-refractivity contribution in [2.24, 2.45) is 5.73 Å². The van der Waals surface area contributed by atoms with Crippen LogP contribution in [-0.4, -0.2) is 22.7 Å². The Morgan fingerprint density at radius 2 is 2.04 bits per heavy atom. The number of hydrogen-bond acceptors (Lipinski definition) is 5. The molecule has 6 heteroatoms. The highest BCUT2D eigenvalue weighted by molar-refractivity contribution is 6.31. The lowest BCUT2D eigenvalue weighted by Crippen LogP contribution is -2.48. The van der Waals surface area contributed by atoms with E-state index in [-0.39, 0.29) is 11.8 Å². The Kier molecular flexibility index (Phi) is 5.56. The normalized spacial score (nSPS) is 12.9. The third-order valence-corrected chi connectivity index (χ3v) is 5.12. The van der Waals surface area contributed by atoms with Crippen molar-refractivity contribution >= 4 is 22.5 Å². The van der Waals surface area contributed by atoms with Crippen molar-refractivity contribution in [2.75, 3.05) is 7.11 Å².